The second kappa shape index (κ2) is 2.32. The Morgan fingerprint density at radius 3 is 3.00 bits per heavy atom. The van der Waals surface area contributed by atoms with Gasteiger partial charge in [0.05, 0.1) is 12.2 Å². The van der Waals surface area contributed by atoms with Gasteiger partial charge in [-0.3, -0.25) is 0 Å². The predicted octanol–water partition coefficient (Wildman–Crippen LogP) is 0.347. The standard InChI is InChI=1S/C7H8N4/c8-5-11-7-4-2-1-3-6(7)9-10-11/h1-4H,5,8H2. The summed E-state index contributed by atoms with van der Waals surface area (Å²) in [5, 5.41) is 7.78. The van der Waals surface area contributed by atoms with Crippen LogP contribution in [-0.2, 0) is 6.67 Å². The number of nitrogens with zero attached hydrogens (tertiary/aromatic N) is 3. The highest BCUT2D eigenvalue weighted by molar-refractivity contribution is 5.73. The summed E-state index contributed by atoms with van der Waals surface area (Å²) in [6, 6.07) is 7.73. The minimum atomic E-state index is 0.376. The van der Waals surface area contributed by atoms with Gasteiger partial charge < -0.3 is 5.73 Å². The fourth-order valence-corrected chi connectivity index (χ4v) is 1.05. The van der Waals surface area contributed by atoms with Crippen molar-refractivity contribution >= 4 is 11.0 Å². The molecule has 0 aliphatic carbocycles. The van der Waals surface area contributed by atoms with Crippen molar-refractivity contribution in [2.45, 2.75) is 6.67 Å². The summed E-state index contributed by atoms with van der Waals surface area (Å²) < 4.78 is 1.66. The van der Waals surface area contributed by atoms with Gasteiger partial charge in [-0.25, -0.2) is 4.68 Å². The molecular weight excluding hydrogens is 140 g/mol. The van der Waals surface area contributed by atoms with Gasteiger partial charge in [0, 0.05) is 0 Å². The van der Waals surface area contributed by atoms with Crippen molar-refractivity contribution in [2.24, 2.45) is 5.73 Å². The average molecular weight is 148 g/mol. The first-order valence-electron chi connectivity index (χ1n) is 3.40. The first-order valence-corrected chi connectivity index (χ1v) is 3.40. The average Bonchev–Trinajstić information content (AvgIpc) is 2.47. The lowest BCUT2D eigenvalue weighted by Crippen LogP contribution is -2.08. The maximum atomic E-state index is 5.42. The summed E-state index contributed by atoms with van der Waals surface area (Å²) in [4.78, 5) is 0. The number of fused-ring (bicyclic) bond motifs is 1. The lowest BCUT2D eigenvalue weighted by atomic mass is 10.3. The Kier molecular flexibility index (Phi) is 1.33. The molecule has 56 valence electrons. The zero-order valence-corrected chi connectivity index (χ0v) is 5.94. The molecule has 0 atom stereocenters. The Balaban J connectivity index is 2.76. The number of nitrogens with two attached hydrogens (primary N) is 1. The lowest BCUT2D eigenvalue weighted by molar-refractivity contribution is 0.627. The maximum absolute atomic E-state index is 5.42. The minimum absolute atomic E-state index is 0.376. The Bertz CT molecular complexity index is 365. The zero-order chi connectivity index (χ0) is 7.68. The van der Waals surface area contributed by atoms with E-state index in [-0.39, 0.29) is 0 Å². The van der Waals surface area contributed by atoms with Crippen LogP contribution in [-0.4, -0.2) is 15.0 Å². The first kappa shape index (κ1) is 6.30. The maximum Gasteiger partial charge on any atom is 0.113 e. The van der Waals surface area contributed by atoms with Crippen LogP contribution in [0.1, 0.15) is 0 Å². The summed E-state index contributed by atoms with van der Waals surface area (Å²) in [6.45, 7) is 0.376. The van der Waals surface area contributed by atoms with Gasteiger partial charge >= 0.3 is 0 Å². The lowest BCUT2D eigenvalue weighted by Gasteiger charge is -1.93. The summed E-state index contributed by atoms with van der Waals surface area (Å²) >= 11 is 0. The second-order valence-electron chi connectivity index (χ2n) is 2.26. The molecule has 1 heterocycles. The Labute approximate surface area is 63.6 Å². The smallest absolute Gasteiger partial charge is 0.113 e. The molecule has 2 rings (SSSR count). The molecule has 2 N–H and O–H groups in total. The van der Waals surface area contributed by atoms with Gasteiger partial charge in [-0.1, -0.05) is 17.3 Å². The highest BCUT2D eigenvalue weighted by atomic mass is 15.4. The quantitative estimate of drug-likeness (QED) is 0.634. The van der Waals surface area contributed by atoms with Crippen molar-refractivity contribution in [1.82, 2.24) is 15.0 Å². The Morgan fingerprint density at radius 2 is 2.18 bits per heavy atom. The molecule has 2 aromatic rings. The van der Waals surface area contributed by atoms with Gasteiger partial charge in [0.15, 0.2) is 0 Å². The number of hydrogen-bond acceptors (Lipinski definition) is 3. The van der Waals surface area contributed by atoms with E-state index in [9.17, 15) is 0 Å². The molecule has 0 saturated heterocycles. The third kappa shape index (κ3) is 0.877. The van der Waals surface area contributed by atoms with E-state index in [4.69, 9.17) is 5.73 Å². The predicted molar refractivity (Wildman–Crippen MR) is 41.7 cm³/mol. The van der Waals surface area contributed by atoms with Crippen molar-refractivity contribution in [3.8, 4) is 0 Å². The Morgan fingerprint density at radius 1 is 1.36 bits per heavy atom. The molecule has 0 aliphatic rings. The van der Waals surface area contributed by atoms with E-state index >= 15 is 0 Å². The number of hydrogen-bond donors (Lipinski definition) is 1. The molecule has 1 aromatic carbocycles. The highest BCUT2D eigenvalue weighted by Crippen LogP contribution is 2.07. The molecule has 11 heavy (non-hydrogen) atoms. The van der Waals surface area contributed by atoms with E-state index in [0.717, 1.165) is 11.0 Å². The minimum Gasteiger partial charge on any atom is -0.312 e. The van der Waals surface area contributed by atoms with Gasteiger partial charge in [0.2, 0.25) is 0 Å². The molecule has 0 spiro atoms. The van der Waals surface area contributed by atoms with E-state index in [1.54, 1.807) is 4.68 Å². The van der Waals surface area contributed by atoms with E-state index in [0.29, 0.717) is 6.67 Å². The van der Waals surface area contributed by atoms with Crippen LogP contribution in [0.5, 0.6) is 0 Å². The SMILES string of the molecule is NCn1nnc2ccccc21. The molecule has 0 bridgehead atoms. The van der Waals surface area contributed by atoms with Crippen molar-refractivity contribution in [1.29, 1.82) is 0 Å². The molecule has 0 saturated carbocycles. The number of aromatic nitrogens is 3. The highest BCUT2D eigenvalue weighted by Gasteiger charge is 1.98. The number of para-hydroxylation sites is 1. The fraction of sp³-hybridized carbons (Fsp3) is 0.143. The topological polar surface area (TPSA) is 56.7 Å². The monoisotopic (exact) mass is 148 g/mol. The summed E-state index contributed by atoms with van der Waals surface area (Å²) in [6.07, 6.45) is 0. The summed E-state index contributed by atoms with van der Waals surface area (Å²) in [5.41, 5.74) is 7.29. The molecule has 0 fully saturated rings. The van der Waals surface area contributed by atoms with Gasteiger partial charge in [-0.15, -0.1) is 5.10 Å². The molecule has 4 heteroatoms. The normalized spacial score (nSPS) is 10.6. The van der Waals surface area contributed by atoms with Crippen LogP contribution in [0, 0.1) is 0 Å². The third-order valence-electron chi connectivity index (χ3n) is 1.59. The van der Waals surface area contributed by atoms with Crippen LogP contribution in [0.25, 0.3) is 11.0 Å². The van der Waals surface area contributed by atoms with Crippen LogP contribution in [0.4, 0.5) is 0 Å². The van der Waals surface area contributed by atoms with E-state index in [2.05, 4.69) is 10.3 Å². The zero-order valence-electron chi connectivity index (χ0n) is 5.94. The Hall–Kier alpha value is -1.42. The molecule has 0 amide bonds. The van der Waals surface area contributed by atoms with Gasteiger partial charge in [0.1, 0.15) is 5.52 Å². The first-order chi connectivity index (χ1) is 5.42. The van der Waals surface area contributed by atoms with Crippen molar-refractivity contribution < 1.29 is 0 Å². The van der Waals surface area contributed by atoms with Crippen molar-refractivity contribution in [3.05, 3.63) is 24.3 Å². The molecule has 0 radical (unpaired) electrons. The van der Waals surface area contributed by atoms with E-state index < -0.39 is 0 Å². The summed E-state index contributed by atoms with van der Waals surface area (Å²) in [5.74, 6) is 0. The molecule has 1 aromatic heterocycles. The molecular formula is C7H8N4. The van der Waals surface area contributed by atoms with Gasteiger partial charge in [0.25, 0.3) is 0 Å². The second-order valence-corrected chi connectivity index (χ2v) is 2.26. The number of benzene rings is 1. The molecule has 0 unspecified atom stereocenters. The fourth-order valence-electron chi connectivity index (χ4n) is 1.05. The largest absolute Gasteiger partial charge is 0.312 e. The molecule has 4 nitrogen and oxygen atoms in total. The van der Waals surface area contributed by atoms with Crippen LogP contribution in [0.15, 0.2) is 24.3 Å². The third-order valence-corrected chi connectivity index (χ3v) is 1.59. The van der Waals surface area contributed by atoms with Gasteiger partial charge in [-0.2, -0.15) is 0 Å². The van der Waals surface area contributed by atoms with Crippen LogP contribution in [0.3, 0.4) is 0 Å². The summed E-state index contributed by atoms with van der Waals surface area (Å²) in [7, 11) is 0. The van der Waals surface area contributed by atoms with E-state index in [1.165, 1.54) is 0 Å². The van der Waals surface area contributed by atoms with Crippen molar-refractivity contribution in [2.75, 3.05) is 0 Å². The molecule has 0 aliphatic heterocycles. The number of rotatable bonds is 1. The van der Waals surface area contributed by atoms with Crippen LogP contribution < -0.4 is 5.73 Å². The van der Waals surface area contributed by atoms with Gasteiger partial charge in [-0.05, 0) is 12.1 Å². The van der Waals surface area contributed by atoms with Crippen LogP contribution in [0.2, 0.25) is 0 Å². The van der Waals surface area contributed by atoms with Crippen LogP contribution >= 0.6 is 0 Å². The van der Waals surface area contributed by atoms with E-state index in [1.807, 2.05) is 24.3 Å². The van der Waals surface area contributed by atoms with Crippen molar-refractivity contribution in [3.63, 3.8) is 0 Å².